The molecule has 0 aliphatic carbocycles. The van der Waals surface area contributed by atoms with Crippen LogP contribution in [0.15, 0.2) is 72.9 Å². The number of hydrogen-bond donors (Lipinski definition) is 1. The van der Waals surface area contributed by atoms with E-state index in [9.17, 15) is 4.79 Å². The van der Waals surface area contributed by atoms with Gasteiger partial charge in [-0.3, -0.25) is 9.69 Å². The van der Waals surface area contributed by atoms with E-state index in [0.717, 1.165) is 24.2 Å². The van der Waals surface area contributed by atoms with Crippen LogP contribution < -0.4 is 5.32 Å². The van der Waals surface area contributed by atoms with Gasteiger partial charge in [0.15, 0.2) is 0 Å². The first kappa shape index (κ1) is 20.4. The van der Waals surface area contributed by atoms with Gasteiger partial charge in [0.1, 0.15) is 0 Å². The Labute approximate surface area is 179 Å². The van der Waals surface area contributed by atoms with Gasteiger partial charge in [0.2, 0.25) is 0 Å². The van der Waals surface area contributed by atoms with Crippen LogP contribution >= 0.6 is 0 Å². The van der Waals surface area contributed by atoms with E-state index >= 15 is 0 Å². The summed E-state index contributed by atoms with van der Waals surface area (Å²) in [7, 11) is 2.09. The van der Waals surface area contributed by atoms with Crippen molar-refractivity contribution in [3.63, 3.8) is 0 Å². The molecular weight excluding hydrogens is 370 g/mol. The third-order valence-electron chi connectivity index (χ3n) is 6.12. The van der Waals surface area contributed by atoms with E-state index in [0.29, 0.717) is 12.1 Å². The lowest BCUT2D eigenvalue weighted by Gasteiger charge is -2.31. The highest BCUT2D eigenvalue weighted by Gasteiger charge is 2.24. The van der Waals surface area contributed by atoms with Gasteiger partial charge in [0.05, 0.1) is 6.04 Å². The summed E-state index contributed by atoms with van der Waals surface area (Å²) < 4.78 is 2.18. The number of amides is 1. The quantitative estimate of drug-likeness (QED) is 0.628. The average Bonchev–Trinajstić information content (AvgIpc) is 3.03. The highest BCUT2D eigenvalue weighted by atomic mass is 16.1. The van der Waals surface area contributed by atoms with E-state index in [1.54, 1.807) is 0 Å². The minimum atomic E-state index is -0.0105. The zero-order valence-electron chi connectivity index (χ0n) is 17.8. The summed E-state index contributed by atoms with van der Waals surface area (Å²) in [6.07, 6.45) is 7.16. The van der Waals surface area contributed by atoms with Crippen LogP contribution in [0, 0.1) is 0 Å². The van der Waals surface area contributed by atoms with Crippen molar-refractivity contribution in [3.8, 4) is 11.1 Å². The fourth-order valence-corrected chi connectivity index (χ4v) is 4.38. The van der Waals surface area contributed by atoms with E-state index in [4.69, 9.17) is 0 Å². The van der Waals surface area contributed by atoms with E-state index in [1.807, 2.05) is 42.5 Å². The molecule has 1 fully saturated rings. The van der Waals surface area contributed by atoms with Gasteiger partial charge >= 0.3 is 0 Å². The summed E-state index contributed by atoms with van der Waals surface area (Å²) >= 11 is 0. The topological polar surface area (TPSA) is 37.3 Å². The molecule has 1 N–H and O–H groups in total. The predicted octanol–water partition coefficient (Wildman–Crippen LogP) is 5.04. The van der Waals surface area contributed by atoms with E-state index in [-0.39, 0.29) is 11.9 Å². The third-order valence-corrected chi connectivity index (χ3v) is 6.12. The molecule has 156 valence electrons. The van der Waals surface area contributed by atoms with Gasteiger partial charge in [-0.15, -0.1) is 0 Å². The second-order valence-corrected chi connectivity index (χ2v) is 8.16. The SMILES string of the molecule is Cn1cccc1C(CNC(=O)c1ccc(-c2ccccc2)cc1)N1CCCCCC1. The summed E-state index contributed by atoms with van der Waals surface area (Å²) in [6.45, 7) is 2.81. The summed E-state index contributed by atoms with van der Waals surface area (Å²) in [5, 5.41) is 3.20. The lowest BCUT2D eigenvalue weighted by Crippen LogP contribution is -2.39. The average molecular weight is 402 g/mol. The molecule has 2 heterocycles. The molecule has 1 aromatic heterocycles. The maximum atomic E-state index is 12.9. The molecule has 0 saturated carbocycles. The number of carbonyl (C=O) groups is 1. The number of aromatic nitrogens is 1. The molecule has 4 nitrogen and oxygen atoms in total. The predicted molar refractivity (Wildman–Crippen MR) is 122 cm³/mol. The number of benzene rings is 2. The third kappa shape index (κ3) is 4.82. The number of hydrogen-bond acceptors (Lipinski definition) is 2. The largest absolute Gasteiger partial charge is 0.353 e. The lowest BCUT2D eigenvalue weighted by molar-refractivity contribution is 0.0931. The van der Waals surface area contributed by atoms with E-state index in [1.165, 1.54) is 31.4 Å². The number of likely N-dealkylation sites (tertiary alicyclic amines) is 1. The second-order valence-electron chi connectivity index (χ2n) is 8.16. The molecule has 1 atom stereocenters. The van der Waals surface area contributed by atoms with Gasteiger partial charge in [-0.2, -0.15) is 0 Å². The first-order chi connectivity index (χ1) is 14.7. The van der Waals surface area contributed by atoms with Crippen LogP contribution in [0.4, 0.5) is 0 Å². The molecule has 1 aliphatic heterocycles. The highest BCUT2D eigenvalue weighted by Crippen LogP contribution is 2.24. The Morgan fingerprint density at radius 3 is 2.17 bits per heavy atom. The van der Waals surface area contributed by atoms with Crippen molar-refractivity contribution in [2.24, 2.45) is 7.05 Å². The van der Waals surface area contributed by atoms with Gasteiger partial charge in [0, 0.05) is 31.0 Å². The zero-order chi connectivity index (χ0) is 20.8. The number of nitrogens with one attached hydrogen (secondary N) is 1. The number of carbonyl (C=O) groups excluding carboxylic acids is 1. The number of rotatable bonds is 6. The maximum Gasteiger partial charge on any atom is 0.251 e. The highest BCUT2D eigenvalue weighted by molar-refractivity contribution is 5.94. The van der Waals surface area contributed by atoms with Crippen molar-refractivity contribution in [1.82, 2.24) is 14.8 Å². The monoisotopic (exact) mass is 401 g/mol. The molecule has 4 heteroatoms. The molecule has 1 aliphatic rings. The Balaban J connectivity index is 1.45. The van der Waals surface area contributed by atoms with Crippen LogP contribution in [0.5, 0.6) is 0 Å². The van der Waals surface area contributed by atoms with Gasteiger partial charge in [-0.1, -0.05) is 55.3 Å². The van der Waals surface area contributed by atoms with Crippen LogP contribution in [0.1, 0.15) is 47.8 Å². The fraction of sp³-hybridized carbons (Fsp3) is 0.346. The van der Waals surface area contributed by atoms with Gasteiger partial charge < -0.3 is 9.88 Å². The Kier molecular flexibility index (Phi) is 6.65. The van der Waals surface area contributed by atoms with Crippen LogP contribution in [-0.2, 0) is 7.05 Å². The van der Waals surface area contributed by atoms with Gasteiger partial charge in [-0.25, -0.2) is 0 Å². The molecule has 0 bridgehead atoms. The molecule has 1 saturated heterocycles. The van der Waals surface area contributed by atoms with Crippen molar-refractivity contribution < 1.29 is 4.79 Å². The zero-order valence-corrected chi connectivity index (χ0v) is 17.8. The van der Waals surface area contributed by atoms with Crippen LogP contribution in [0.3, 0.4) is 0 Å². The fourth-order valence-electron chi connectivity index (χ4n) is 4.38. The van der Waals surface area contributed by atoms with Crippen molar-refractivity contribution in [3.05, 3.63) is 84.2 Å². The molecule has 2 aromatic carbocycles. The lowest BCUT2D eigenvalue weighted by atomic mass is 10.0. The molecule has 0 spiro atoms. The minimum absolute atomic E-state index is 0.0105. The van der Waals surface area contributed by atoms with Crippen LogP contribution in [0.2, 0.25) is 0 Å². The van der Waals surface area contributed by atoms with Crippen LogP contribution in [0.25, 0.3) is 11.1 Å². The summed E-state index contributed by atoms with van der Waals surface area (Å²) in [4.78, 5) is 15.4. The molecule has 0 radical (unpaired) electrons. The maximum absolute atomic E-state index is 12.9. The molecule has 1 amide bonds. The molecule has 1 unspecified atom stereocenters. The first-order valence-electron chi connectivity index (χ1n) is 11.0. The normalized spacial score (nSPS) is 16.0. The standard InChI is InChI=1S/C26H31N3O/c1-28-17-9-12-24(28)25(29-18-7-2-3-8-19-29)20-27-26(30)23-15-13-22(14-16-23)21-10-5-4-6-11-21/h4-6,9-17,25H,2-3,7-8,18-20H2,1H3,(H,27,30). The minimum Gasteiger partial charge on any atom is -0.353 e. The molecule has 30 heavy (non-hydrogen) atoms. The second kappa shape index (κ2) is 9.77. The summed E-state index contributed by atoms with van der Waals surface area (Å²) in [5.74, 6) is -0.0105. The Bertz CT molecular complexity index is 938. The van der Waals surface area contributed by atoms with Crippen molar-refractivity contribution in [2.45, 2.75) is 31.7 Å². The van der Waals surface area contributed by atoms with Crippen molar-refractivity contribution in [2.75, 3.05) is 19.6 Å². The first-order valence-corrected chi connectivity index (χ1v) is 11.0. The van der Waals surface area contributed by atoms with Crippen molar-refractivity contribution in [1.29, 1.82) is 0 Å². The summed E-state index contributed by atoms with van der Waals surface area (Å²) in [6, 6.07) is 22.6. The summed E-state index contributed by atoms with van der Waals surface area (Å²) in [5.41, 5.74) is 4.25. The smallest absolute Gasteiger partial charge is 0.251 e. The molecule has 3 aromatic rings. The van der Waals surface area contributed by atoms with Gasteiger partial charge in [0.25, 0.3) is 5.91 Å². The van der Waals surface area contributed by atoms with Crippen molar-refractivity contribution >= 4 is 5.91 Å². The molecule has 4 rings (SSSR count). The number of nitrogens with zero attached hydrogens (tertiary/aromatic N) is 2. The molecular formula is C26H31N3O. The Morgan fingerprint density at radius 2 is 1.53 bits per heavy atom. The Morgan fingerprint density at radius 1 is 0.867 bits per heavy atom. The number of aryl methyl sites for hydroxylation is 1. The van der Waals surface area contributed by atoms with E-state index in [2.05, 4.69) is 52.3 Å². The van der Waals surface area contributed by atoms with Crippen LogP contribution in [-0.4, -0.2) is 35.0 Å². The van der Waals surface area contributed by atoms with E-state index < -0.39 is 0 Å². The van der Waals surface area contributed by atoms with Gasteiger partial charge in [-0.05, 0) is 61.3 Å². The Hall–Kier alpha value is -2.85.